The number of carbonyl (C=O) groups is 1. The van der Waals surface area contributed by atoms with Crippen LogP contribution in [-0.2, 0) is 6.54 Å². The first-order valence-electron chi connectivity index (χ1n) is 11.6. The molecular weight excluding hydrogens is 457 g/mol. The normalized spacial score (nSPS) is 14.1. The third kappa shape index (κ3) is 7.36. The fourth-order valence-electron chi connectivity index (χ4n) is 4.40. The molecule has 3 rings (SSSR count). The first-order valence-corrected chi connectivity index (χ1v) is 11.6. The molecule has 0 unspecified atom stereocenters. The quantitative estimate of drug-likeness (QED) is 0.543. The summed E-state index contributed by atoms with van der Waals surface area (Å²) in [5.74, 6) is 1.39. The summed E-state index contributed by atoms with van der Waals surface area (Å²) in [6, 6.07) is 6.57. The lowest BCUT2D eigenvalue weighted by atomic mass is 10.1. The minimum atomic E-state index is -0.0529. The topological polar surface area (TPSA) is 53.4 Å². The highest BCUT2D eigenvalue weighted by atomic mass is 35.5. The van der Waals surface area contributed by atoms with Crippen molar-refractivity contribution in [2.75, 3.05) is 44.2 Å². The molecule has 1 aliphatic heterocycles. The van der Waals surface area contributed by atoms with Gasteiger partial charge in [0, 0.05) is 50.6 Å². The second-order valence-electron chi connectivity index (χ2n) is 9.25. The molecule has 1 saturated heterocycles. The van der Waals surface area contributed by atoms with E-state index in [1.165, 1.54) is 16.8 Å². The molecule has 1 aromatic heterocycles. The molecule has 2 aromatic rings. The fraction of sp³-hybridized carbons (Fsp3) is 0.600. The van der Waals surface area contributed by atoms with Crippen molar-refractivity contribution in [1.82, 2.24) is 19.8 Å². The Morgan fingerprint density at radius 1 is 1.06 bits per heavy atom. The van der Waals surface area contributed by atoms with Gasteiger partial charge in [-0.1, -0.05) is 26.0 Å². The lowest BCUT2D eigenvalue weighted by Gasteiger charge is -2.37. The second-order valence-corrected chi connectivity index (χ2v) is 9.25. The summed E-state index contributed by atoms with van der Waals surface area (Å²) in [6.45, 7) is 19.6. The van der Waals surface area contributed by atoms with Crippen LogP contribution in [0.25, 0.3) is 0 Å². The molecule has 2 heterocycles. The van der Waals surface area contributed by atoms with Gasteiger partial charge in [0.05, 0.1) is 0 Å². The van der Waals surface area contributed by atoms with Crippen molar-refractivity contribution < 1.29 is 4.79 Å². The first kappa shape index (κ1) is 29.3. The number of halogens is 2. The molecule has 0 radical (unpaired) electrons. The van der Waals surface area contributed by atoms with Crippen molar-refractivity contribution in [2.24, 2.45) is 5.92 Å². The Morgan fingerprint density at radius 2 is 1.73 bits per heavy atom. The summed E-state index contributed by atoms with van der Waals surface area (Å²) in [5.41, 5.74) is 5.65. The fourth-order valence-corrected chi connectivity index (χ4v) is 4.40. The predicted octanol–water partition coefficient (Wildman–Crippen LogP) is 4.56. The number of rotatable bonds is 8. The Morgan fingerprint density at radius 3 is 2.36 bits per heavy atom. The van der Waals surface area contributed by atoms with E-state index in [1.54, 1.807) is 0 Å². The Labute approximate surface area is 211 Å². The van der Waals surface area contributed by atoms with Gasteiger partial charge < -0.3 is 14.8 Å². The summed E-state index contributed by atoms with van der Waals surface area (Å²) < 4.78 is 2.15. The number of aryl methyl sites for hydroxylation is 2. The average Bonchev–Trinajstić information content (AvgIpc) is 3.01. The summed E-state index contributed by atoms with van der Waals surface area (Å²) >= 11 is 0. The maximum atomic E-state index is 12.6. The van der Waals surface area contributed by atoms with Crippen LogP contribution in [0.4, 0.5) is 5.69 Å². The van der Waals surface area contributed by atoms with E-state index in [-0.39, 0.29) is 30.7 Å². The highest BCUT2D eigenvalue weighted by Gasteiger charge is 2.20. The molecule has 0 spiro atoms. The van der Waals surface area contributed by atoms with Crippen molar-refractivity contribution in [3.63, 3.8) is 0 Å². The van der Waals surface area contributed by atoms with E-state index in [1.807, 2.05) is 13.8 Å². The van der Waals surface area contributed by atoms with Gasteiger partial charge in [-0.25, -0.2) is 4.98 Å². The molecule has 33 heavy (non-hydrogen) atoms. The van der Waals surface area contributed by atoms with E-state index >= 15 is 0 Å². The monoisotopic (exact) mass is 497 g/mol. The van der Waals surface area contributed by atoms with Crippen LogP contribution >= 0.6 is 24.8 Å². The Bertz CT molecular complexity index is 904. The van der Waals surface area contributed by atoms with Crippen LogP contribution in [0, 0.1) is 33.6 Å². The summed E-state index contributed by atoms with van der Waals surface area (Å²) in [4.78, 5) is 22.1. The number of hydrogen-bond donors (Lipinski definition) is 1. The summed E-state index contributed by atoms with van der Waals surface area (Å²) in [5, 5.41) is 3.07. The van der Waals surface area contributed by atoms with Crippen LogP contribution in [0.15, 0.2) is 18.2 Å². The molecule has 186 valence electrons. The standard InChI is InChI=1S/C25H39N5O.2ClH/c1-18(2)17-30-21(5)24(27-22(30)6)25(31)26-11-8-12-28-13-15-29(16-14-28)23-10-7-9-19(3)20(23)4;;/h7,9-10,18H,8,11-17H2,1-6H3,(H,26,31);2*1H. The molecule has 1 aliphatic rings. The number of hydrogen-bond acceptors (Lipinski definition) is 4. The molecule has 1 fully saturated rings. The predicted molar refractivity (Wildman–Crippen MR) is 143 cm³/mol. The van der Waals surface area contributed by atoms with Gasteiger partial charge in [0.1, 0.15) is 11.5 Å². The Balaban J connectivity index is 0.00000272. The third-order valence-electron chi connectivity index (χ3n) is 6.40. The Hall–Kier alpha value is -1.76. The molecule has 1 aromatic carbocycles. The zero-order chi connectivity index (χ0) is 22.5. The summed E-state index contributed by atoms with van der Waals surface area (Å²) in [7, 11) is 0. The van der Waals surface area contributed by atoms with Crippen molar-refractivity contribution >= 4 is 36.4 Å². The van der Waals surface area contributed by atoms with Gasteiger partial charge in [-0.15, -0.1) is 24.8 Å². The lowest BCUT2D eigenvalue weighted by molar-refractivity contribution is 0.0946. The zero-order valence-electron chi connectivity index (χ0n) is 21.0. The number of imidazole rings is 1. The number of amides is 1. The van der Waals surface area contributed by atoms with Crippen LogP contribution in [-0.4, -0.2) is 59.6 Å². The van der Waals surface area contributed by atoms with E-state index in [4.69, 9.17) is 0 Å². The smallest absolute Gasteiger partial charge is 0.271 e. The van der Waals surface area contributed by atoms with Crippen LogP contribution in [0.2, 0.25) is 0 Å². The summed E-state index contributed by atoms with van der Waals surface area (Å²) in [6.07, 6.45) is 0.958. The van der Waals surface area contributed by atoms with Gasteiger partial charge in [0.25, 0.3) is 5.91 Å². The maximum absolute atomic E-state index is 12.6. The van der Waals surface area contributed by atoms with Gasteiger partial charge in [-0.05, 0) is 63.8 Å². The van der Waals surface area contributed by atoms with Crippen molar-refractivity contribution in [3.05, 3.63) is 46.5 Å². The van der Waals surface area contributed by atoms with E-state index in [2.05, 4.69) is 70.6 Å². The van der Waals surface area contributed by atoms with Gasteiger partial charge in [-0.3, -0.25) is 9.69 Å². The van der Waals surface area contributed by atoms with E-state index < -0.39 is 0 Å². The largest absolute Gasteiger partial charge is 0.369 e. The number of aromatic nitrogens is 2. The number of carbonyl (C=O) groups excluding carboxylic acids is 1. The van der Waals surface area contributed by atoms with Crippen molar-refractivity contribution in [1.29, 1.82) is 0 Å². The Kier molecular flexibility index (Phi) is 11.7. The van der Waals surface area contributed by atoms with Crippen LogP contribution in [0.1, 0.15) is 53.4 Å². The van der Waals surface area contributed by atoms with E-state index in [0.717, 1.165) is 57.2 Å². The van der Waals surface area contributed by atoms with Gasteiger partial charge in [-0.2, -0.15) is 0 Å². The second kappa shape index (κ2) is 13.2. The molecule has 8 heteroatoms. The van der Waals surface area contributed by atoms with Crippen LogP contribution < -0.4 is 10.2 Å². The maximum Gasteiger partial charge on any atom is 0.271 e. The van der Waals surface area contributed by atoms with Crippen molar-refractivity contribution in [3.8, 4) is 0 Å². The highest BCUT2D eigenvalue weighted by Crippen LogP contribution is 2.23. The number of nitrogens with one attached hydrogen (secondary N) is 1. The number of benzene rings is 1. The number of nitrogens with zero attached hydrogens (tertiary/aromatic N) is 4. The number of piperazine rings is 1. The SMILES string of the molecule is Cc1cccc(N2CCN(CCCNC(=O)c3nc(C)n(CC(C)C)c3C)CC2)c1C.Cl.Cl. The zero-order valence-corrected chi connectivity index (χ0v) is 22.6. The van der Waals surface area contributed by atoms with E-state index in [9.17, 15) is 4.79 Å². The highest BCUT2D eigenvalue weighted by molar-refractivity contribution is 5.93. The lowest BCUT2D eigenvalue weighted by Crippen LogP contribution is -2.47. The molecule has 0 bridgehead atoms. The van der Waals surface area contributed by atoms with Crippen LogP contribution in [0.3, 0.4) is 0 Å². The molecule has 6 nitrogen and oxygen atoms in total. The molecule has 1 N–H and O–H groups in total. The van der Waals surface area contributed by atoms with E-state index in [0.29, 0.717) is 18.2 Å². The van der Waals surface area contributed by atoms with Gasteiger partial charge in [0.15, 0.2) is 0 Å². The minimum Gasteiger partial charge on any atom is -0.369 e. The number of anilines is 1. The minimum absolute atomic E-state index is 0. The molecule has 1 amide bonds. The van der Waals surface area contributed by atoms with Gasteiger partial charge >= 0.3 is 0 Å². The molecular formula is C25H41Cl2N5O. The van der Waals surface area contributed by atoms with Gasteiger partial charge in [0.2, 0.25) is 0 Å². The molecule has 0 saturated carbocycles. The van der Waals surface area contributed by atoms with Crippen molar-refractivity contribution in [2.45, 2.75) is 54.5 Å². The molecule has 0 atom stereocenters. The average molecular weight is 499 g/mol. The van der Waals surface area contributed by atoms with Crippen LogP contribution in [0.5, 0.6) is 0 Å². The first-order chi connectivity index (χ1) is 14.8. The molecule has 0 aliphatic carbocycles. The third-order valence-corrected chi connectivity index (χ3v) is 6.40.